The van der Waals surface area contributed by atoms with Gasteiger partial charge < -0.3 is 0 Å². The third kappa shape index (κ3) is 2.27. The van der Waals surface area contributed by atoms with Crippen LogP contribution in [0.5, 0.6) is 0 Å². The molecule has 6 heteroatoms. The molecule has 0 atom stereocenters. The Morgan fingerprint density at radius 3 is 2.14 bits per heavy atom. The molecule has 0 aromatic heterocycles. The molecule has 14 heavy (non-hydrogen) atoms. The Bertz CT molecular complexity index is 431. The molecule has 1 aromatic rings. The normalized spacial score (nSPS) is 11.6. The van der Waals surface area contributed by atoms with Crippen molar-refractivity contribution in [3.05, 3.63) is 29.3 Å². The summed E-state index contributed by atoms with van der Waals surface area (Å²) in [4.78, 5) is -0.206. The summed E-state index contributed by atoms with van der Waals surface area (Å²) in [6.07, 6.45) is 0. The second-order valence-corrected chi connectivity index (χ2v) is 4.30. The topological polar surface area (TPSA) is 60.2 Å². The number of hydrogen-bond acceptors (Lipinski definition) is 2. The van der Waals surface area contributed by atoms with Gasteiger partial charge in [0.15, 0.2) is 0 Å². The minimum atomic E-state index is -3.85. The van der Waals surface area contributed by atoms with Gasteiger partial charge >= 0.3 is 0 Å². The van der Waals surface area contributed by atoms with E-state index < -0.39 is 23.4 Å². The van der Waals surface area contributed by atoms with Gasteiger partial charge in [0, 0.05) is 0 Å². The second-order valence-electron chi connectivity index (χ2n) is 2.74. The molecule has 0 bridgehead atoms. The molecule has 0 saturated heterocycles. The molecule has 0 spiro atoms. The molecular formula is C8H9F2NO2S. The van der Waals surface area contributed by atoms with Crippen LogP contribution in [0.3, 0.4) is 0 Å². The lowest BCUT2D eigenvalue weighted by Crippen LogP contribution is -2.12. The van der Waals surface area contributed by atoms with E-state index in [0.29, 0.717) is 0 Å². The number of rotatable bonds is 3. The van der Waals surface area contributed by atoms with Crippen molar-refractivity contribution in [2.75, 3.05) is 0 Å². The zero-order chi connectivity index (χ0) is 10.8. The highest BCUT2D eigenvalue weighted by Crippen LogP contribution is 2.17. The van der Waals surface area contributed by atoms with Crippen LogP contribution in [0.1, 0.15) is 11.1 Å². The maximum Gasteiger partial charge on any atom is 0.238 e. The molecule has 2 N–H and O–H groups in total. The van der Waals surface area contributed by atoms with Gasteiger partial charge in [-0.15, -0.1) is 0 Å². The van der Waals surface area contributed by atoms with E-state index in [-0.39, 0.29) is 16.0 Å². The molecular weight excluding hydrogens is 212 g/mol. The Hall–Kier alpha value is -1.01. The first kappa shape index (κ1) is 11.1. The number of halogens is 2. The first-order valence-electron chi connectivity index (χ1n) is 3.75. The van der Waals surface area contributed by atoms with E-state index in [9.17, 15) is 17.2 Å². The van der Waals surface area contributed by atoms with Crippen LogP contribution in [0.25, 0.3) is 0 Å². The average Bonchev–Trinajstić information content (AvgIpc) is 2.15. The van der Waals surface area contributed by atoms with Crippen molar-refractivity contribution in [2.45, 2.75) is 18.2 Å². The zero-order valence-corrected chi connectivity index (χ0v) is 8.02. The van der Waals surface area contributed by atoms with Crippen LogP contribution in [-0.4, -0.2) is 8.42 Å². The molecule has 0 amide bonds. The monoisotopic (exact) mass is 221 g/mol. The fourth-order valence-corrected chi connectivity index (χ4v) is 1.60. The van der Waals surface area contributed by atoms with Gasteiger partial charge in [0.05, 0.1) is 4.90 Å². The van der Waals surface area contributed by atoms with Crippen molar-refractivity contribution in [3.63, 3.8) is 0 Å². The smallest absolute Gasteiger partial charge is 0.238 e. The standard InChI is InChI=1S/C8H9F2NO2S/c9-4-6-1-2-8(14(11,12)13)3-7(6)5-10/h1-3H,4-5H2,(H2,11,12,13). The molecule has 78 valence electrons. The van der Waals surface area contributed by atoms with Crippen molar-refractivity contribution in [1.29, 1.82) is 0 Å². The third-order valence-corrected chi connectivity index (χ3v) is 2.71. The van der Waals surface area contributed by atoms with Crippen molar-refractivity contribution >= 4 is 10.0 Å². The quantitative estimate of drug-likeness (QED) is 0.835. The van der Waals surface area contributed by atoms with Gasteiger partial charge in [-0.25, -0.2) is 22.3 Å². The van der Waals surface area contributed by atoms with Crippen LogP contribution in [0.15, 0.2) is 23.1 Å². The van der Waals surface area contributed by atoms with E-state index in [2.05, 4.69) is 0 Å². The van der Waals surface area contributed by atoms with Crippen molar-refractivity contribution in [3.8, 4) is 0 Å². The lowest BCUT2D eigenvalue weighted by atomic mass is 10.1. The van der Waals surface area contributed by atoms with Gasteiger partial charge in [0.2, 0.25) is 10.0 Å². The van der Waals surface area contributed by atoms with E-state index in [0.717, 1.165) is 12.1 Å². The van der Waals surface area contributed by atoms with E-state index in [1.807, 2.05) is 0 Å². The van der Waals surface area contributed by atoms with Crippen molar-refractivity contribution in [2.24, 2.45) is 5.14 Å². The predicted octanol–water partition coefficient (Wildman–Crippen LogP) is 1.27. The minimum absolute atomic E-state index is 0.0130. The summed E-state index contributed by atoms with van der Waals surface area (Å²) >= 11 is 0. The summed E-state index contributed by atoms with van der Waals surface area (Å²) in [6, 6.07) is 3.42. The van der Waals surface area contributed by atoms with Crippen molar-refractivity contribution in [1.82, 2.24) is 0 Å². The van der Waals surface area contributed by atoms with Crippen LogP contribution in [0, 0.1) is 0 Å². The van der Waals surface area contributed by atoms with Crippen LogP contribution < -0.4 is 5.14 Å². The van der Waals surface area contributed by atoms with Crippen molar-refractivity contribution < 1.29 is 17.2 Å². The SMILES string of the molecule is NS(=O)(=O)c1ccc(CF)c(CF)c1. The van der Waals surface area contributed by atoms with Crippen LogP contribution in [0.4, 0.5) is 8.78 Å². The molecule has 3 nitrogen and oxygen atoms in total. The molecule has 0 saturated carbocycles. The van der Waals surface area contributed by atoms with E-state index in [4.69, 9.17) is 5.14 Å². The molecule has 0 heterocycles. The maximum atomic E-state index is 12.3. The summed E-state index contributed by atoms with van der Waals surface area (Å²) in [6.45, 7) is -1.74. The predicted molar refractivity (Wildman–Crippen MR) is 47.4 cm³/mol. The average molecular weight is 221 g/mol. The molecule has 0 radical (unpaired) electrons. The lowest BCUT2D eigenvalue weighted by Gasteiger charge is -2.04. The van der Waals surface area contributed by atoms with Crippen LogP contribution >= 0.6 is 0 Å². The highest BCUT2D eigenvalue weighted by molar-refractivity contribution is 7.89. The summed E-state index contributed by atoms with van der Waals surface area (Å²) < 4.78 is 46.3. The molecule has 0 aliphatic carbocycles. The lowest BCUT2D eigenvalue weighted by molar-refractivity contribution is 0.453. The van der Waals surface area contributed by atoms with E-state index in [1.54, 1.807) is 0 Å². The second kappa shape index (κ2) is 4.02. The summed E-state index contributed by atoms with van der Waals surface area (Å²) in [5.41, 5.74) is 0.152. The summed E-state index contributed by atoms with van der Waals surface area (Å²) in [5.74, 6) is 0. The molecule has 0 aliphatic rings. The maximum absolute atomic E-state index is 12.3. The fourth-order valence-electron chi connectivity index (χ4n) is 1.03. The zero-order valence-electron chi connectivity index (χ0n) is 7.20. The molecule has 0 unspecified atom stereocenters. The molecule has 1 aromatic carbocycles. The van der Waals surface area contributed by atoms with E-state index >= 15 is 0 Å². The Labute approximate surface area is 80.6 Å². The largest absolute Gasteiger partial charge is 0.246 e. The number of nitrogens with two attached hydrogens (primary N) is 1. The Balaban J connectivity index is 3.28. The van der Waals surface area contributed by atoms with E-state index in [1.165, 1.54) is 6.07 Å². The molecule has 1 rings (SSSR count). The van der Waals surface area contributed by atoms with Gasteiger partial charge in [-0.1, -0.05) is 6.07 Å². The van der Waals surface area contributed by atoms with Gasteiger partial charge in [-0.05, 0) is 23.3 Å². The summed E-state index contributed by atoms with van der Waals surface area (Å²) in [7, 11) is -3.85. The fraction of sp³-hybridized carbons (Fsp3) is 0.250. The van der Waals surface area contributed by atoms with Crippen LogP contribution in [0.2, 0.25) is 0 Å². The number of primary sulfonamides is 1. The molecule has 0 aliphatic heterocycles. The highest BCUT2D eigenvalue weighted by Gasteiger charge is 2.11. The third-order valence-electron chi connectivity index (χ3n) is 1.79. The number of benzene rings is 1. The number of hydrogen-bond donors (Lipinski definition) is 1. The Kier molecular flexibility index (Phi) is 3.17. The number of alkyl halides is 2. The van der Waals surface area contributed by atoms with Gasteiger partial charge in [0.1, 0.15) is 13.3 Å². The summed E-state index contributed by atoms with van der Waals surface area (Å²) in [5, 5.41) is 4.83. The van der Waals surface area contributed by atoms with Crippen LogP contribution in [-0.2, 0) is 23.4 Å². The minimum Gasteiger partial charge on any atom is -0.246 e. The molecule has 0 fully saturated rings. The van der Waals surface area contributed by atoms with Gasteiger partial charge in [-0.3, -0.25) is 0 Å². The first-order valence-corrected chi connectivity index (χ1v) is 5.30. The van der Waals surface area contributed by atoms with Gasteiger partial charge in [-0.2, -0.15) is 0 Å². The highest BCUT2D eigenvalue weighted by atomic mass is 32.2. The Morgan fingerprint density at radius 1 is 1.14 bits per heavy atom. The first-order chi connectivity index (χ1) is 6.49. The van der Waals surface area contributed by atoms with Gasteiger partial charge in [0.25, 0.3) is 0 Å². The number of sulfonamides is 1. The Morgan fingerprint density at radius 2 is 1.71 bits per heavy atom.